The summed E-state index contributed by atoms with van der Waals surface area (Å²) in [4.78, 5) is 16.9. The monoisotopic (exact) mass is 392 g/mol. The van der Waals surface area contributed by atoms with Crippen molar-refractivity contribution in [3.8, 4) is 11.5 Å². The third-order valence-corrected chi connectivity index (χ3v) is 5.28. The van der Waals surface area contributed by atoms with E-state index in [2.05, 4.69) is 4.90 Å². The molecule has 0 aliphatic carbocycles. The van der Waals surface area contributed by atoms with E-state index in [0.717, 1.165) is 25.2 Å². The summed E-state index contributed by atoms with van der Waals surface area (Å²) >= 11 is 12.2. The topological polar surface area (TPSA) is 42.0 Å². The first-order valence-electron chi connectivity index (χ1n) is 8.45. The van der Waals surface area contributed by atoms with Gasteiger partial charge in [0.1, 0.15) is 0 Å². The maximum Gasteiger partial charge on any atom is 0.254 e. The Hall–Kier alpha value is -1.95. The maximum atomic E-state index is 12.7. The van der Waals surface area contributed by atoms with E-state index in [1.165, 1.54) is 0 Å². The molecular weight excluding hydrogens is 375 g/mol. The Morgan fingerprint density at radius 2 is 1.73 bits per heavy atom. The van der Waals surface area contributed by atoms with E-state index in [9.17, 15) is 4.79 Å². The molecule has 2 aromatic carbocycles. The zero-order valence-corrected chi connectivity index (χ0v) is 15.6. The van der Waals surface area contributed by atoms with Crippen LogP contribution in [0.2, 0.25) is 10.0 Å². The number of carbonyl (C=O) groups is 1. The minimum atomic E-state index is 0.0208. The van der Waals surface area contributed by atoms with Gasteiger partial charge in [-0.2, -0.15) is 0 Å². The molecule has 136 valence electrons. The second kappa shape index (κ2) is 7.35. The molecule has 0 bridgehead atoms. The van der Waals surface area contributed by atoms with Crippen molar-refractivity contribution in [2.45, 2.75) is 6.54 Å². The highest BCUT2D eigenvalue weighted by molar-refractivity contribution is 6.35. The molecule has 0 atom stereocenters. The third kappa shape index (κ3) is 3.61. The van der Waals surface area contributed by atoms with E-state index < -0.39 is 0 Å². The van der Waals surface area contributed by atoms with Gasteiger partial charge in [-0.25, -0.2) is 0 Å². The number of hydrogen-bond acceptors (Lipinski definition) is 4. The minimum Gasteiger partial charge on any atom is -0.454 e. The van der Waals surface area contributed by atoms with E-state index in [1.807, 2.05) is 17.0 Å². The van der Waals surface area contributed by atoms with Crippen LogP contribution in [0.4, 0.5) is 0 Å². The molecule has 2 aromatic rings. The first kappa shape index (κ1) is 17.5. The van der Waals surface area contributed by atoms with E-state index in [4.69, 9.17) is 32.7 Å². The molecule has 1 saturated heterocycles. The molecule has 2 aliphatic rings. The van der Waals surface area contributed by atoms with Crippen LogP contribution in [0.3, 0.4) is 0 Å². The van der Waals surface area contributed by atoms with Gasteiger partial charge in [-0.1, -0.05) is 29.3 Å². The van der Waals surface area contributed by atoms with Crippen LogP contribution in [-0.2, 0) is 6.54 Å². The summed E-state index contributed by atoms with van der Waals surface area (Å²) in [5.74, 6) is 1.34. The Labute approximate surface area is 162 Å². The molecule has 0 radical (unpaired) electrons. The standard InChI is InChI=1S/C19H18Cl2N2O3/c20-15-3-1-14(16(21)10-15)11-22-5-7-23(8-6-22)19(24)13-2-4-17-18(9-13)26-12-25-17/h1-4,9-10H,5-8,11-12H2. The molecular formula is C19H18Cl2N2O3. The van der Waals surface area contributed by atoms with Crippen molar-refractivity contribution in [2.75, 3.05) is 33.0 Å². The molecule has 0 unspecified atom stereocenters. The number of halogens is 2. The van der Waals surface area contributed by atoms with Crippen molar-refractivity contribution in [1.29, 1.82) is 0 Å². The molecule has 1 fully saturated rings. The number of rotatable bonds is 3. The predicted octanol–water partition coefficient (Wildman–Crippen LogP) is 3.68. The highest BCUT2D eigenvalue weighted by atomic mass is 35.5. The van der Waals surface area contributed by atoms with Gasteiger partial charge < -0.3 is 14.4 Å². The Bertz CT molecular complexity index is 836. The smallest absolute Gasteiger partial charge is 0.254 e. The summed E-state index contributed by atoms with van der Waals surface area (Å²) in [7, 11) is 0. The lowest BCUT2D eigenvalue weighted by Crippen LogP contribution is -2.48. The summed E-state index contributed by atoms with van der Waals surface area (Å²) in [5, 5.41) is 1.31. The lowest BCUT2D eigenvalue weighted by molar-refractivity contribution is 0.0628. The molecule has 7 heteroatoms. The molecule has 1 amide bonds. The summed E-state index contributed by atoms with van der Waals surface area (Å²) in [6.45, 7) is 3.92. The lowest BCUT2D eigenvalue weighted by atomic mass is 10.1. The number of amides is 1. The molecule has 5 nitrogen and oxygen atoms in total. The summed E-state index contributed by atoms with van der Waals surface area (Å²) < 4.78 is 10.7. The van der Waals surface area contributed by atoms with Gasteiger partial charge >= 0.3 is 0 Å². The molecule has 4 rings (SSSR count). The Morgan fingerprint density at radius 3 is 2.50 bits per heavy atom. The van der Waals surface area contributed by atoms with Crippen LogP contribution in [0.15, 0.2) is 36.4 Å². The fourth-order valence-corrected chi connectivity index (χ4v) is 3.68. The Balaban J connectivity index is 1.36. The van der Waals surface area contributed by atoms with Gasteiger partial charge in [0.2, 0.25) is 6.79 Å². The highest BCUT2D eigenvalue weighted by Gasteiger charge is 2.24. The van der Waals surface area contributed by atoms with E-state index >= 15 is 0 Å². The molecule has 26 heavy (non-hydrogen) atoms. The van der Waals surface area contributed by atoms with Gasteiger partial charge in [-0.3, -0.25) is 9.69 Å². The Morgan fingerprint density at radius 1 is 0.962 bits per heavy atom. The van der Waals surface area contributed by atoms with Gasteiger partial charge in [0.15, 0.2) is 11.5 Å². The first-order chi connectivity index (χ1) is 12.6. The molecule has 0 aromatic heterocycles. The third-order valence-electron chi connectivity index (χ3n) is 4.69. The number of ether oxygens (including phenoxy) is 2. The van der Waals surface area contributed by atoms with Crippen LogP contribution >= 0.6 is 23.2 Å². The van der Waals surface area contributed by atoms with Crippen LogP contribution < -0.4 is 9.47 Å². The highest BCUT2D eigenvalue weighted by Crippen LogP contribution is 2.33. The zero-order chi connectivity index (χ0) is 18.1. The molecule has 2 aliphatic heterocycles. The van der Waals surface area contributed by atoms with Crippen LogP contribution in [0.1, 0.15) is 15.9 Å². The van der Waals surface area contributed by atoms with Crippen molar-refractivity contribution in [1.82, 2.24) is 9.80 Å². The van der Waals surface area contributed by atoms with E-state index in [-0.39, 0.29) is 12.7 Å². The summed E-state index contributed by atoms with van der Waals surface area (Å²) in [6, 6.07) is 10.9. The number of piperazine rings is 1. The minimum absolute atomic E-state index is 0.0208. The number of carbonyl (C=O) groups excluding carboxylic acids is 1. The van der Waals surface area contributed by atoms with Crippen molar-refractivity contribution in [2.24, 2.45) is 0 Å². The van der Waals surface area contributed by atoms with Gasteiger partial charge in [0.05, 0.1) is 0 Å². The lowest BCUT2D eigenvalue weighted by Gasteiger charge is -2.35. The normalized spacial score (nSPS) is 16.8. The molecule has 0 spiro atoms. The fraction of sp³-hybridized carbons (Fsp3) is 0.316. The van der Waals surface area contributed by atoms with Crippen LogP contribution in [0.5, 0.6) is 11.5 Å². The fourth-order valence-electron chi connectivity index (χ4n) is 3.21. The van der Waals surface area contributed by atoms with Crippen LogP contribution in [0, 0.1) is 0 Å². The van der Waals surface area contributed by atoms with Crippen LogP contribution in [-0.4, -0.2) is 48.7 Å². The maximum absolute atomic E-state index is 12.7. The zero-order valence-electron chi connectivity index (χ0n) is 14.1. The number of benzene rings is 2. The summed E-state index contributed by atoms with van der Waals surface area (Å²) in [5.41, 5.74) is 1.68. The van der Waals surface area contributed by atoms with Crippen molar-refractivity contribution >= 4 is 29.1 Å². The van der Waals surface area contributed by atoms with Crippen molar-refractivity contribution < 1.29 is 14.3 Å². The second-order valence-electron chi connectivity index (χ2n) is 6.37. The van der Waals surface area contributed by atoms with Gasteiger partial charge in [-0.15, -0.1) is 0 Å². The van der Waals surface area contributed by atoms with Gasteiger partial charge in [0.25, 0.3) is 5.91 Å². The molecule has 2 heterocycles. The quantitative estimate of drug-likeness (QED) is 0.798. The number of fused-ring (bicyclic) bond motifs is 1. The van der Waals surface area contributed by atoms with Gasteiger partial charge in [-0.05, 0) is 35.9 Å². The van der Waals surface area contributed by atoms with E-state index in [0.29, 0.717) is 40.2 Å². The van der Waals surface area contributed by atoms with E-state index in [1.54, 1.807) is 24.3 Å². The number of hydrogen-bond donors (Lipinski definition) is 0. The van der Waals surface area contributed by atoms with Gasteiger partial charge in [0, 0.05) is 48.3 Å². The average molecular weight is 393 g/mol. The average Bonchev–Trinajstić information content (AvgIpc) is 3.12. The second-order valence-corrected chi connectivity index (χ2v) is 7.22. The first-order valence-corrected chi connectivity index (χ1v) is 9.21. The predicted molar refractivity (Wildman–Crippen MR) is 100 cm³/mol. The van der Waals surface area contributed by atoms with Crippen LogP contribution in [0.25, 0.3) is 0 Å². The van der Waals surface area contributed by atoms with Crippen molar-refractivity contribution in [3.05, 3.63) is 57.6 Å². The SMILES string of the molecule is O=C(c1ccc2c(c1)OCO2)N1CCN(Cc2ccc(Cl)cc2Cl)CC1. The summed E-state index contributed by atoms with van der Waals surface area (Å²) in [6.07, 6.45) is 0. The molecule has 0 saturated carbocycles. The molecule has 0 N–H and O–H groups in total. The Kier molecular flexibility index (Phi) is 4.94. The van der Waals surface area contributed by atoms with Crippen molar-refractivity contribution in [3.63, 3.8) is 0 Å². The number of nitrogens with zero attached hydrogens (tertiary/aromatic N) is 2. The largest absolute Gasteiger partial charge is 0.454 e.